The van der Waals surface area contributed by atoms with Crippen LogP contribution in [0.1, 0.15) is 41.5 Å². The van der Waals surface area contributed by atoms with Crippen LogP contribution in [0.25, 0.3) is 0 Å². The van der Waals surface area contributed by atoms with Crippen LogP contribution in [0, 0.1) is 6.92 Å². The van der Waals surface area contributed by atoms with Crippen molar-refractivity contribution in [3.63, 3.8) is 0 Å². The zero-order valence-electron chi connectivity index (χ0n) is 9.34. The lowest BCUT2D eigenvalue weighted by Crippen LogP contribution is -2.06. The highest BCUT2D eigenvalue weighted by Crippen LogP contribution is 2.36. The van der Waals surface area contributed by atoms with Crippen LogP contribution < -0.4 is 0 Å². The van der Waals surface area contributed by atoms with Crippen molar-refractivity contribution < 1.29 is 4.74 Å². The summed E-state index contributed by atoms with van der Waals surface area (Å²) in [6, 6.07) is 2.15. The monoisotopic (exact) mass is 322 g/mol. The average molecular weight is 324 g/mol. The largest absolute Gasteiger partial charge is 0.378 e. The second-order valence-electron chi connectivity index (χ2n) is 4.24. The molecule has 16 heavy (non-hydrogen) atoms. The third-order valence-corrected chi connectivity index (χ3v) is 5.05. The van der Waals surface area contributed by atoms with E-state index >= 15 is 0 Å². The molecule has 0 spiro atoms. The van der Waals surface area contributed by atoms with Gasteiger partial charge in [-0.3, -0.25) is 0 Å². The molecule has 0 aliphatic carbocycles. The molecule has 0 radical (unpaired) electrons. The van der Waals surface area contributed by atoms with E-state index in [1.165, 1.54) is 27.1 Å². The first kappa shape index (κ1) is 12.9. The van der Waals surface area contributed by atoms with Gasteiger partial charge in [0.2, 0.25) is 0 Å². The maximum atomic E-state index is 6.43. The Balaban J connectivity index is 1.87. The van der Waals surface area contributed by atoms with Crippen molar-refractivity contribution in [3.8, 4) is 0 Å². The Hall–Kier alpha value is 0.430. The first-order chi connectivity index (χ1) is 7.66. The zero-order chi connectivity index (χ0) is 11.5. The quantitative estimate of drug-likeness (QED) is 0.704. The fraction of sp³-hybridized carbons (Fsp3) is 0.667. The molecule has 0 bridgehead atoms. The van der Waals surface area contributed by atoms with Gasteiger partial charge < -0.3 is 4.74 Å². The van der Waals surface area contributed by atoms with Gasteiger partial charge >= 0.3 is 0 Å². The summed E-state index contributed by atoms with van der Waals surface area (Å²) in [6.45, 7) is 3.06. The molecule has 2 atom stereocenters. The number of halogens is 2. The van der Waals surface area contributed by atoms with Gasteiger partial charge in [-0.05, 0) is 60.2 Å². The first-order valence-electron chi connectivity index (χ1n) is 5.68. The Morgan fingerprint density at radius 2 is 2.50 bits per heavy atom. The molecule has 90 valence electrons. The molecule has 1 saturated heterocycles. The van der Waals surface area contributed by atoms with E-state index in [4.69, 9.17) is 16.3 Å². The second-order valence-corrected chi connectivity index (χ2v) is 7.40. The minimum absolute atomic E-state index is 0.131. The Kier molecular flexibility index (Phi) is 4.71. The van der Waals surface area contributed by atoms with Crippen molar-refractivity contribution in [2.24, 2.45) is 0 Å². The minimum Gasteiger partial charge on any atom is -0.378 e. The highest BCUT2D eigenvalue weighted by molar-refractivity contribution is 9.11. The van der Waals surface area contributed by atoms with Gasteiger partial charge in [0.1, 0.15) is 0 Å². The summed E-state index contributed by atoms with van der Waals surface area (Å²) < 4.78 is 6.78. The van der Waals surface area contributed by atoms with Gasteiger partial charge in [0.25, 0.3) is 0 Å². The number of hydrogen-bond acceptors (Lipinski definition) is 2. The van der Waals surface area contributed by atoms with Crippen LogP contribution in [0.15, 0.2) is 9.85 Å². The summed E-state index contributed by atoms with van der Waals surface area (Å²) >= 11 is 11.7. The lowest BCUT2D eigenvalue weighted by molar-refractivity contribution is 0.102. The highest BCUT2D eigenvalue weighted by atomic mass is 79.9. The maximum absolute atomic E-state index is 6.43. The van der Waals surface area contributed by atoms with E-state index in [1.54, 1.807) is 11.3 Å². The van der Waals surface area contributed by atoms with E-state index < -0.39 is 0 Å². The van der Waals surface area contributed by atoms with Crippen LogP contribution in [0.3, 0.4) is 0 Å². The van der Waals surface area contributed by atoms with Gasteiger partial charge in [-0.2, -0.15) is 0 Å². The third kappa shape index (κ3) is 3.22. The van der Waals surface area contributed by atoms with Crippen LogP contribution in [0.2, 0.25) is 0 Å². The van der Waals surface area contributed by atoms with Gasteiger partial charge in [0.05, 0.1) is 15.3 Å². The molecule has 2 heterocycles. The molecule has 4 heteroatoms. The van der Waals surface area contributed by atoms with Gasteiger partial charge in [-0.15, -0.1) is 22.9 Å². The second kappa shape index (κ2) is 5.85. The van der Waals surface area contributed by atoms with E-state index in [2.05, 4.69) is 28.9 Å². The number of aryl methyl sites for hydroxylation is 1. The van der Waals surface area contributed by atoms with Crippen LogP contribution in [-0.4, -0.2) is 12.7 Å². The third-order valence-electron chi connectivity index (χ3n) is 3.03. The lowest BCUT2D eigenvalue weighted by atomic mass is 10.0. The summed E-state index contributed by atoms with van der Waals surface area (Å²) in [7, 11) is 0. The Morgan fingerprint density at radius 3 is 3.06 bits per heavy atom. The molecule has 2 rings (SSSR count). The Bertz CT molecular complexity index is 347. The SMILES string of the molecule is Cc1sc(Br)cc1C(Cl)CCC1CCCO1. The molecule has 1 aromatic rings. The fourth-order valence-electron chi connectivity index (χ4n) is 2.13. The number of hydrogen-bond donors (Lipinski definition) is 0. The number of alkyl halides is 1. The van der Waals surface area contributed by atoms with Crippen molar-refractivity contribution in [3.05, 3.63) is 20.3 Å². The average Bonchev–Trinajstić information content (AvgIpc) is 2.84. The maximum Gasteiger partial charge on any atom is 0.0704 e. The predicted octanol–water partition coefficient (Wildman–Crippen LogP) is 5.06. The van der Waals surface area contributed by atoms with Gasteiger partial charge in [-0.1, -0.05) is 0 Å². The molecule has 0 saturated carbocycles. The molecular weight excluding hydrogens is 308 g/mol. The van der Waals surface area contributed by atoms with Crippen molar-refractivity contribution in [2.75, 3.05) is 6.61 Å². The van der Waals surface area contributed by atoms with E-state index in [0.29, 0.717) is 6.10 Å². The smallest absolute Gasteiger partial charge is 0.0704 e. The van der Waals surface area contributed by atoms with E-state index in [0.717, 1.165) is 19.4 Å². The first-order valence-corrected chi connectivity index (χ1v) is 7.73. The number of ether oxygens (including phenoxy) is 1. The number of thiophene rings is 1. The molecule has 0 N–H and O–H groups in total. The predicted molar refractivity (Wildman–Crippen MR) is 73.6 cm³/mol. The van der Waals surface area contributed by atoms with Gasteiger partial charge in [0.15, 0.2) is 0 Å². The van der Waals surface area contributed by atoms with E-state index in [-0.39, 0.29) is 5.38 Å². The lowest BCUT2D eigenvalue weighted by Gasteiger charge is -2.12. The molecule has 1 aliphatic rings. The summed E-state index contributed by atoms with van der Waals surface area (Å²) in [5.74, 6) is 0. The van der Waals surface area contributed by atoms with E-state index in [1.807, 2.05) is 0 Å². The summed E-state index contributed by atoms with van der Waals surface area (Å²) in [4.78, 5) is 1.32. The molecule has 0 aromatic carbocycles. The van der Waals surface area contributed by atoms with Crippen LogP contribution in [-0.2, 0) is 4.74 Å². The van der Waals surface area contributed by atoms with Gasteiger partial charge in [-0.25, -0.2) is 0 Å². The molecule has 2 unspecified atom stereocenters. The number of rotatable bonds is 4. The molecule has 1 nitrogen and oxygen atoms in total. The normalized spacial score (nSPS) is 22.6. The van der Waals surface area contributed by atoms with Crippen LogP contribution >= 0.6 is 38.9 Å². The Morgan fingerprint density at radius 1 is 1.69 bits per heavy atom. The molecular formula is C12H16BrClOS. The standard InChI is InChI=1S/C12H16BrClOS/c1-8-10(7-12(13)16-8)11(14)5-4-9-3-2-6-15-9/h7,9,11H,2-6H2,1H3. The Labute approximate surface area is 114 Å². The van der Waals surface area contributed by atoms with Crippen molar-refractivity contribution in [1.82, 2.24) is 0 Å². The molecule has 1 aromatic heterocycles. The minimum atomic E-state index is 0.131. The topological polar surface area (TPSA) is 9.23 Å². The summed E-state index contributed by atoms with van der Waals surface area (Å²) in [5.41, 5.74) is 1.27. The molecule has 0 amide bonds. The highest BCUT2D eigenvalue weighted by Gasteiger charge is 2.19. The zero-order valence-corrected chi connectivity index (χ0v) is 12.5. The van der Waals surface area contributed by atoms with Crippen molar-refractivity contribution in [1.29, 1.82) is 0 Å². The van der Waals surface area contributed by atoms with Crippen molar-refractivity contribution in [2.45, 2.75) is 44.1 Å². The van der Waals surface area contributed by atoms with E-state index in [9.17, 15) is 0 Å². The molecule has 1 fully saturated rings. The van der Waals surface area contributed by atoms with Gasteiger partial charge in [0, 0.05) is 11.5 Å². The summed E-state index contributed by atoms with van der Waals surface area (Å²) in [5, 5.41) is 0.131. The fourth-order valence-corrected chi connectivity index (χ4v) is 4.32. The van der Waals surface area contributed by atoms with Crippen LogP contribution in [0.4, 0.5) is 0 Å². The molecule has 1 aliphatic heterocycles. The summed E-state index contributed by atoms with van der Waals surface area (Å²) in [6.07, 6.45) is 4.96. The van der Waals surface area contributed by atoms with Crippen molar-refractivity contribution >= 4 is 38.9 Å². The van der Waals surface area contributed by atoms with Crippen LogP contribution in [0.5, 0.6) is 0 Å².